The van der Waals surface area contributed by atoms with Gasteiger partial charge in [-0.3, -0.25) is 9.69 Å². The molecule has 0 aromatic heterocycles. The van der Waals surface area contributed by atoms with E-state index in [9.17, 15) is 9.59 Å². The third kappa shape index (κ3) is 4.21. The highest BCUT2D eigenvalue weighted by atomic mass is 16.4. The van der Waals surface area contributed by atoms with Crippen molar-refractivity contribution in [3.8, 4) is 0 Å². The number of carbonyl (C=O) groups is 2. The second kappa shape index (κ2) is 7.11. The maximum absolute atomic E-state index is 12.4. The highest BCUT2D eigenvalue weighted by Crippen LogP contribution is 2.29. The molecule has 114 valence electrons. The van der Waals surface area contributed by atoms with Crippen LogP contribution in [0.1, 0.15) is 32.6 Å². The number of urea groups is 1. The Kier molecular flexibility index (Phi) is 5.20. The molecule has 1 aromatic rings. The van der Waals surface area contributed by atoms with Crippen molar-refractivity contribution < 1.29 is 14.7 Å². The van der Waals surface area contributed by atoms with E-state index in [-0.39, 0.29) is 25.0 Å². The minimum Gasteiger partial charge on any atom is -0.481 e. The van der Waals surface area contributed by atoms with Gasteiger partial charge in [0.2, 0.25) is 0 Å². The van der Waals surface area contributed by atoms with E-state index in [0.717, 1.165) is 18.5 Å². The van der Waals surface area contributed by atoms with Gasteiger partial charge in [0.05, 0.1) is 6.42 Å². The molecule has 0 bridgehead atoms. The molecule has 1 atom stereocenters. The van der Waals surface area contributed by atoms with Crippen LogP contribution in [-0.2, 0) is 4.79 Å². The summed E-state index contributed by atoms with van der Waals surface area (Å²) in [5.74, 6) is -0.359. The smallest absolute Gasteiger partial charge is 0.322 e. The molecule has 2 amide bonds. The molecule has 1 aliphatic carbocycles. The normalized spacial score (nSPS) is 15.9. The Balaban J connectivity index is 2.02. The molecule has 1 aliphatic rings. The van der Waals surface area contributed by atoms with E-state index in [1.165, 1.54) is 11.3 Å². The lowest BCUT2D eigenvalue weighted by Crippen LogP contribution is -2.48. The minimum atomic E-state index is -0.907. The fourth-order valence-electron chi connectivity index (χ4n) is 2.49. The van der Waals surface area contributed by atoms with Crippen molar-refractivity contribution in [2.45, 2.75) is 38.6 Å². The lowest BCUT2D eigenvalue weighted by atomic mass is 9.80. The molecule has 1 saturated carbocycles. The zero-order valence-electron chi connectivity index (χ0n) is 12.3. The van der Waals surface area contributed by atoms with Crippen molar-refractivity contribution in [3.05, 3.63) is 30.3 Å². The van der Waals surface area contributed by atoms with Crippen LogP contribution >= 0.6 is 0 Å². The zero-order chi connectivity index (χ0) is 15.2. The van der Waals surface area contributed by atoms with E-state index < -0.39 is 5.97 Å². The number of carboxylic acids is 1. The molecule has 0 spiro atoms. The van der Waals surface area contributed by atoms with Gasteiger partial charge in [0.15, 0.2) is 0 Å². The van der Waals surface area contributed by atoms with Gasteiger partial charge in [0.1, 0.15) is 0 Å². The summed E-state index contributed by atoms with van der Waals surface area (Å²) in [6.45, 7) is 2.19. The number of hydrogen-bond acceptors (Lipinski definition) is 2. The van der Waals surface area contributed by atoms with Crippen molar-refractivity contribution in [3.63, 3.8) is 0 Å². The largest absolute Gasteiger partial charge is 0.481 e. The average molecular weight is 290 g/mol. The number of carboxylic acid groups (broad SMARTS) is 1. The van der Waals surface area contributed by atoms with Crippen LogP contribution in [0, 0.1) is 5.92 Å². The number of benzene rings is 1. The maximum atomic E-state index is 12.4. The summed E-state index contributed by atoms with van der Waals surface area (Å²) in [4.78, 5) is 24.7. The number of carbonyl (C=O) groups excluding carboxylic acids is 1. The number of amides is 2. The zero-order valence-corrected chi connectivity index (χ0v) is 12.3. The fourth-order valence-corrected chi connectivity index (χ4v) is 2.49. The van der Waals surface area contributed by atoms with Crippen LogP contribution < -0.4 is 10.2 Å². The second-order valence-corrected chi connectivity index (χ2v) is 5.56. The van der Waals surface area contributed by atoms with Gasteiger partial charge in [0.25, 0.3) is 0 Å². The molecule has 2 N–H and O–H groups in total. The van der Waals surface area contributed by atoms with Crippen molar-refractivity contribution >= 4 is 17.7 Å². The topological polar surface area (TPSA) is 69.6 Å². The fraction of sp³-hybridized carbons (Fsp3) is 0.500. The van der Waals surface area contributed by atoms with Gasteiger partial charge in [-0.15, -0.1) is 0 Å². The lowest BCUT2D eigenvalue weighted by molar-refractivity contribution is -0.136. The minimum absolute atomic E-state index is 0.0693. The molecule has 0 radical (unpaired) electrons. The molecule has 0 saturated heterocycles. The molecule has 0 aliphatic heterocycles. The average Bonchev–Trinajstić information content (AvgIpc) is 2.37. The van der Waals surface area contributed by atoms with Crippen LogP contribution in [0.2, 0.25) is 0 Å². The molecular weight excluding hydrogens is 268 g/mol. The van der Waals surface area contributed by atoms with Gasteiger partial charge < -0.3 is 10.4 Å². The highest BCUT2D eigenvalue weighted by Gasteiger charge is 2.27. The van der Waals surface area contributed by atoms with Gasteiger partial charge in [-0.05, 0) is 37.8 Å². The number of para-hydroxylation sites is 1. The van der Waals surface area contributed by atoms with Crippen LogP contribution in [0.25, 0.3) is 0 Å². The Labute approximate surface area is 125 Å². The summed E-state index contributed by atoms with van der Waals surface area (Å²) in [5.41, 5.74) is 0.719. The lowest BCUT2D eigenvalue weighted by Gasteiger charge is -2.33. The van der Waals surface area contributed by atoms with Gasteiger partial charge in [-0.2, -0.15) is 0 Å². The summed E-state index contributed by atoms with van der Waals surface area (Å²) < 4.78 is 0. The Morgan fingerprint density at radius 2 is 2.00 bits per heavy atom. The van der Waals surface area contributed by atoms with E-state index >= 15 is 0 Å². The number of nitrogens with one attached hydrogen (secondary N) is 1. The molecule has 1 fully saturated rings. The molecule has 0 heterocycles. The van der Waals surface area contributed by atoms with Gasteiger partial charge in [-0.25, -0.2) is 4.79 Å². The molecule has 21 heavy (non-hydrogen) atoms. The molecule has 2 rings (SSSR count). The predicted molar refractivity (Wildman–Crippen MR) is 81.4 cm³/mol. The first-order valence-electron chi connectivity index (χ1n) is 7.43. The van der Waals surface area contributed by atoms with E-state index in [4.69, 9.17) is 5.11 Å². The Morgan fingerprint density at radius 1 is 1.33 bits per heavy atom. The quantitative estimate of drug-likeness (QED) is 0.846. The molecular formula is C16H22N2O3. The number of rotatable bonds is 6. The van der Waals surface area contributed by atoms with Crippen molar-refractivity contribution in [1.82, 2.24) is 5.32 Å². The summed E-state index contributed by atoms with van der Waals surface area (Å²) >= 11 is 0. The van der Waals surface area contributed by atoms with Crippen LogP contribution in [0.3, 0.4) is 0 Å². The first-order chi connectivity index (χ1) is 10.1. The van der Waals surface area contributed by atoms with E-state index in [2.05, 4.69) is 5.32 Å². The van der Waals surface area contributed by atoms with Crippen molar-refractivity contribution in [1.29, 1.82) is 0 Å². The third-order valence-corrected chi connectivity index (χ3v) is 4.07. The van der Waals surface area contributed by atoms with E-state index in [1.807, 2.05) is 37.3 Å². The summed E-state index contributed by atoms with van der Waals surface area (Å²) in [5, 5.41) is 11.8. The third-order valence-electron chi connectivity index (χ3n) is 4.07. The standard InChI is InChI=1S/C16H22N2O3/c1-12(13-6-5-7-13)17-16(21)18(11-10-15(19)20)14-8-3-2-4-9-14/h2-4,8-9,12-13H,5-7,10-11H2,1H3,(H,17,21)(H,19,20). The molecule has 1 unspecified atom stereocenters. The Bertz CT molecular complexity index is 486. The summed E-state index contributed by atoms with van der Waals surface area (Å²) in [6.07, 6.45) is 3.47. The monoisotopic (exact) mass is 290 g/mol. The van der Waals surface area contributed by atoms with Gasteiger partial charge in [-0.1, -0.05) is 24.6 Å². The predicted octanol–water partition coefficient (Wildman–Crippen LogP) is 2.87. The first-order valence-corrected chi connectivity index (χ1v) is 7.43. The van der Waals surface area contributed by atoms with Gasteiger partial charge in [0, 0.05) is 18.3 Å². The van der Waals surface area contributed by atoms with Gasteiger partial charge >= 0.3 is 12.0 Å². The summed E-state index contributed by atoms with van der Waals surface area (Å²) in [6, 6.07) is 9.08. The van der Waals surface area contributed by atoms with E-state index in [1.54, 1.807) is 0 Å². The van der Waals surface area contributed by atoms with Crippen molar-refractivity contribution in [2.24, 2.45) is 5.92 Å². The highest BCUT2D eigenvalue weighted by molar-refractivity contribution is 5.92. The SMILES string of the molecule is CC(NC(=O)N(CCC(=O)O)c1ccccc1)C1CCC1. The first kappa shape index (κ1) is 15.4. The molecule has 5 nitrogen and oxygen atoms in total. The number of aliphatic carboxylic acids is 1. The Hall–Kier alpha value is -2.04. The molecule has 5 heteroatoms. The number of hydrogen-bond donors (Lipinski definition) is 2. The van der Waals surface area contributed by atoms with Crippen molar-refractivity contribution in [2.75, 3.05) is 11.4 Å². The van der Waals surface area contributed by atoms with Crippen LogP contribution in [-0.4, -0.2) is 29.7 Å². The number of anilines is 1. The second-order valence-electron chi connectivity index (χ2n) is 5.56. The van der Waals surface area contributed by atoms with Crippen LogP contribution in [0.5, 0.6) is 0 Å². The van der Waals surface area contributed by atoms with E-state index in [0.29, 0.717) is 5.92 Å². The summed E-state index contributed by atoms with van der Waals surface area (Å²) in [7, 11) is 0. The maximum Gasteiger partial charge on any atom is 0.322 e. The van der Waals surface area contributed by atoms with Crippen LogP contribution in [0.4, 0.5) is 10.5 Å². The Morgan fingerprint density at radius 3 is 2.52 bits per heavy atom. The van der Waals surface area contributed by atoms with Crippen LogP contribution in [0.15, 0.2) is 30.3 Å². The number of nitrogens with zero attached hydrogens (tertiary/aromatic N) is 1. The molecule has 1 aromatic carbocycles.